The van der Waals surface area contributed by atoms with Crippen molar-refractivity contribution in [3.8, 4) is 0 Å². The maximum atomic E-state index is 11.9. The van der Waals surface area contributed by atoms with E-state index in [0.29, 0.717) is 25.8 Å². The van der Waals surface area contributed by atoms with Crippen molar-refractivity contribution in [1.29, 1.82) is 0 Å². The summed E-state index contributed by atoms with van der Waals surface area (Å²) in [5.74, 6) is -4.56. The third kappa shape index (κ3) is 14.3. The van der Waals surface area contributed by atoms with Crippen LogP contribution in [-0.4, -0.2) is 63.9 Å². The third-order valence-electron chi connectivity index (χ3n) is 7.24. The van der Waals surface area contributed by atoms with Gasteiger partial charge in [0.1, 0.15) is 17.8 Å². The Hall–Kier alpha value is -1.89. The monoisotopic (exact) mass is 498 g/mol. The van der Waals surface area contributed by atoms with Crippen molar-refractivity contribution < 1.29 is 34.2 Å². The van der Waals surface area contributed by atoms with E-state index in [2.05, 4.69) is 19.1 Å². The first-order valence-corrected chi connectivity index (χ1v) is 13.8. The number of hydrogen-bond donors (Lipinski definition) is 3. The number of carboxylic acid groups (broad SMARTS) is 3. The summed E-state index contributed by atoms with van der Waals surface area (Å²) in [4.78, 5) is 35.7. The Labute approximate surface area is 213 Å². The molecule has 0 aromatic heterocycles. The van der Waals surface area contributed by atoms with Crippen molar-refractivity contribution >= 4 is 17.9 Å². The fourth-order valence-corrected chi connectivity index (χ4v) is 4.86. The maximum Gasteiger partial charge on any atom is 0.312 e. The van der Waals surface area contributed by atoms with Crippen molar-refractivity contribution in [3.05, 3.63) is 12.2 Å². The van der Waals surface area contributed by atoms with Gasteiger partial charge in [-0.05, 0) is 57.8 Å². The molecule has 3 N–H and O–H groups in total. The van der Waals surface area contributed by atoms with Crippen LogP contribution in [0.2, 0.25) is 0 Å². The van der Waals surface area contributed by atoms with E-state index in [1.807, 2.05) is 20.8 Å². The molecule has 0 rings (SSSR count). The summed E-state index contributed by atoms with van der Waals surface area (Å²) in [5, 5.41) is 29.2. The number of rotatable bonds is 23. The molecule has 3 unspecified atom stereocenters. The van der Waals surface area contributed by atoms with Crippen LogP contribution in [0.1, 0.15) is 105 Å². The average Bonchev–Trinajstić information content (AvgIpc) is 2.82. The first-order chi connectivity index (χ1) is 16.7. The van der Waals surface area contributed by atoms with E-state index in [-0.39, 0.29) is 24.1 Å². The summed E-state index contributed by atoms with van der Waals surface area (Å²) in [6.07, 6.45) is 15.8. The molecule has 0 heterocycles. The molecule has 0 aliphatic heterocycles. The molecule has 0 saturated heterocycles. The molecule has 0 aromatic rings. The maximum absolute atomic E-state index is 11.9. The summed E-state index contributed by atoms with van der Waals surface area (Å²) in [6, 6.07) is 0. The lowest BCUT2D eigenvalue weighted by atomic mass is 9.95. The second-order valence-electron chi connectivity index (χ2n) is 10.1. The molecule has 0 fully saturated rings. The van der Waals surface area contributed by atoms with Crippen LogP contribution in [0, 0.1) is 17.8 Å². The summed E-state index contributed by atoms with van der Waals surface area (Å²) < 4.78 is 0.244. The predicted molar refractivity (Wildman–Crippen MR) is 140 cm³/mol. The van der Waals surface area contributed by atoms with Crippen LogP contribution in [0.15, 0.2) is 12.2 Å². The van der Waals surface area contributed by atoms with Crippen LogP contribution < -0.4 is 0 Å². The van der Waals surface area contributed by atoms with Gasteiger partial charge in [-0.25, -0.2) is 0 Å². The molecular weight excluding hydrogens is 446 g/mol. The van der Waals surface area contributed by atoms with Gasteiger partial charge in [0.15, 0.2) is 0 Å². The number of aliphatic carboxylic acids is 3. The Balaban J connectivity index is 5.40. The minimum atomic E-state index is -0.897. The Bertz CT molecular complexity index is 573. The van der Waals surface area contributed by atoms with Crippen LogP contribution in [0.3, 0.4) is 0 Å². The zero-order valence-electron chi connectivity index (χ0n) is 22.7. The highest BCUT2D eigenvalue weighted by Crippen LogP contribution is 2.25. The number of carbonyl (C=O) groups is 3. The standard InChI is InChI=1S/C28H51NO6/c1-5-9-10-11-12-13-14-15-16-17-18-19-29(20-23(6-2)26(30)31,21-24(7-3)27(32)33)22-25(8-4)28(34)35/h13-14,23-25H,5-12,15-22H2,1-4H3,(H2-,30,31,32,33,34,35)/p+1/b14-13+. The Kier molecular flexibility index (Phi) is 18.3. The summed E-state index contributed by atoms with van der Waals surface area (Å²) in [6.45, 7) is 9.12. The number of hydrogen-bond acceptors (Lipinski definition) is 3. The number of unbranched alkanes of at least 4 members (excludes halogenated alkanes) is 7. The van der Waals surface area contributed by atoms with E-state index in [0.717, 1.165) is 32.1 Å². The molecule has 0 spiro atoms. The quantitative estimate of drug-likeness (QED) is 0.0875. The lowest BCUT2D eigenvalue weighted by molar-refractivity contribution is -0.935. The molecule has 204 valence electrons. The van der Waals surface area contributed by atoms with Gasteiger partial charge in [-0.3, -0.25) is 14.4 Å². The first kappa shape index (κ1) is 33.1. The number of nitrogens with zero attached hydrogens (tertiary/aromatic N) is 1. The highest BCUT2D eigenvalue weighted by molar-refractivity contribution is 5.71. The van der Waals surface area contributed by atoms with E-state index in [4.69, 9.17) is 0 Å². The van der Waals surface area contributed by atoms with E-state index >= 15 is 0 Å². The summed E-state index contributed by atoms with van der Waals surface area (Å²) >= 11 is 0. The molecular formula is C28H52NO6+. The van der Waals surface area contributed by atoms with Crippen molar-refractivity contribution in [2.45, 2.75) is 105 Å². The third-order valence-corrected chi connectivity index (χ3v) is 7.24. The molecule has 0 aliphatic rings. The summed E-state index contributed by atoms with van der Waals surface area (Å²) in [7, 11) is 0. The zero-order valence-corrected chi connectivity index (χ0v) is 22.7. The Morgan fingerprint density at radius 2 is 0.971 bits per heavy atom. The van der Waals surface area contributed by atoms with Crippen molar-refractivity contribution in [2.24, 2.45) is 17.8 Å². The zero-order chi connectivity index (χ0) is 26.7. The minimum absolute atomic E-state index is 0.244. The Morgan fingerprint density at radius 1 is 0.600 bits per heavy atom. The normalized spacial score (nSPS) is 16.0. The van der Waals surface area contributed by atoms with Crippen molar-refractivity contribution in [2.75, 3.05) is 26.2 Å². The van der Waals surface area contributed by atoms with Gasteiger partial charge in [0.2, 0.25) is 0 Å². The fourth-order valence-electron chi connectivity index (χ4n) is 4.86. The number of quaternary nitrogens is 1. The molecule has 0 aliphatic carbocycles. The van der Waals surface area contributed by atoms with Gasteiger partial charge in [0.05, 0.1) is 26.2 Å². The molecule has 7 nitrogen and oxygen atoms in total. The Morgan fingerprint density at radius 3 is 1.29 bits per heavy atom. The van der Waals surface area contributed by atoms with Gasteiger partial charge in [-0.15, -0.1) is 0 Å². The van der Waals surface area contributed by atoms with Gasteiger partial charge < -0.3 is 19.8 Å². The van der Waals surface area contributed by atoms with Crippen LogP contribution in [0.4, 0.5) is 0 Å². The minimum Gasteiger partial charge on any atom is -0.481 e. The molecule has 0 amide bonds. The van der Waals surface area contributed by atoms with Crippen molar-refractivity contribution in [1.82, 2.24) is 0 Å². The number of allylic oxidation sites excluding steroid dienone is 2. The molecule has 0 bridgehead atoms. The second-order valence-corrected chi connectivity index (χ2v) is 10.1. The number of carboxylic acids is 3. The van der Waals surface area contributed by atoms with Gasteiger partial charge in [-0.1, -0.05) is 59.1 Å². The molecule has 3 atom stereocenters. The van der Waals surface area contributed by atoms with E-state index in [9.17, 15) is 29.7 Å². The second kappa shape index (κ2) is 19.3. The highest BCUT2D eigenvalue weighted by atomic mass is 16.4. The highest BCUT2D eigenvalue weighted by Gasteiger charge is 2.40. The van der Waals surface area contributed by atoms with E-state index in [1.165, 1.54) is 25.7 Å². The van der Waals surface area contributed by atoms with E-state index < -0.39 is 35.7 Å². The van der Waals surface area contributed by atoms with Crippen LogP contribution >= 0.6 is 0 Å². The molecule has 0 radical (unpaired) electrons. The first-order valence-electron chi connectivity index (χ1n) is 13.8. The van der Waals surface area contributed by atoms with Gasteiger partial charge in [0, 0.05) is 0 Å². The molecule has 7 heteroatoms. The smallest absolute Gasteiger partial charge is 0.312 e. The largest absolute Gasteiger partial charge is 0.481 e. The molecule has 35 heavy (non-hydrogen) atoms. The van der Waals surface area contributed by atoms with Gasteiger partial charge >= 0.3 is 17.9 Å². The van der Waals surface area contributed by atoms with Gasteiger partial charge in [-0.2, -0.15) is 0 Å². The summed E-state index contributed by atoms with van der Waals surface area (Å²) in [5.41, 5.74) is 0. The van der Waals surface area contributed by atoms with Crippen molar-refractivity contribution in [3.63, 3.8) is 0 Å². The van der Waals surface area contributed by atoms with E-state index in [1.54, 1.807) is 0 Å². The van der Waals surface area contributed by atoms with Crippen LogP contribution in [-0.2, 0) is 14.4 Å². The average molecular weight is 499 g/mol. The SMILES string of the molecule is CCCCCC/C=C/CCCCC[N+](CC(CC)C(=O)O)(CC(CC)C(=O)O)CC(CC)C(=O)O. The topological polar surface area (TPSA) is 112 Å². The fraction of sp³-hybridized carbons (Fsp3) is 0.821. The lowest BCUT2D eigenvalue weighted by Crippen LogP contribution is -2.58. The molecule has 0 aromatic carbocycles. The lowest BCUT2D eigenvalue weighted by Gasteiger charge is -2.43. The van der Waals surface area contributed by atoms with Gasteiger partial charge in [0.25, 0.3) is 0 Å². The van der Waals surface area contributed by atoms with Crippen LogP contribution in [0.25, 0.3) is 0 Å². The van der Waals surface area contributed by atoms with Crippen LogP contribution in [0.5, 0.6) is 0 Å². The molecule has 0 saturated carbocycles. The predicted octanol–water partition coefficient (Wildman–Crippen LogP) is 6.22.